The van der Waals surface area contributed by atoms with E-state index in [4.69, 9.17) is 5.11 Å². The van der Waals surface area contributed by atoms with Crippen LogP contribution in [0.3, 0.4) is 0 Å². The molecule has 1 aromatic carbocycles. The van der Waals surface area contributed by atoms with Crippen molar-refractivity contribution < 1.29 is 27.9 Å². The zero-order valence-corrected chi connectivity index (χ0v) is 12.7. The van der Waals surface area contributed by atoms with Crippen LogP contribution in [0.25, 0.3) is 0 Å². The average Bonchev–Trinajstić information content (AvgIpc) is 2.92. The molecule has 1 atom stereocenters. The predicted octanol–water partition coefficient (Wildman–Crippen LogP) is 2.79. The quantitative estimate of drug-likeness (QED) is 0.924. The number of carboxylic acid groups (broad SMARTS) is 1. The number of nitrogens with zero attached hydrogens (tertiary/aromatic N) is 1. The number of carboxylic acids is 1. The van der Waals surface area contributed by atoms with E-state index >= 15 is 0 Å². The fourth-order valence-corrected chi connectivity index (χ4v) is 2.84. The summed E-state index contributed by atoms with van der Waals surface area (Å²) in [5.74, 6) is -2.36. The van der Waals surface area contributed by atoms with Crippen LogP contribution in [0.2, 0.25) is 0 Å². The second-order valence-electron chi connectivity index (χ2n) is 5.88. The van der Waals surface area contributed by atoms with Crippen LogP contribution in [0.5, 0.6) is 0 Å². The maximum absolute atomic E-state index is 13.1. The zero-order chi connectivity index (χ0) is 17.3. The monoisotopic (exact) mass is 329 g/mol. The molecular formula is C16H18F3NO3. The summed E-state index contributed by atoms with van der Waals surface area (Å²) in [6, 6.07) is 7.46. The third-order valence-corrected chi connectivity index (χ3v) is 4.44. The van der Waals surface area contributed by atoms with Crippen molar-refractivity contribution in [2.75, 3.05) is 13.1 Å². The Balaban J connectivity index is 2.02. The second kappa shape index (κ2) is 6.22. The number of aliphatic carboxylic acids is 1. The van der Waals surface area contributed by atoms with Crippen molar-refractivity contribution in [2.24, 2.45) is 5.41 Å². The molecule has 7 heteroatoms. The normalized spacial score (nSPS) is 21.5. The van der Waals surface area contributed by atoms with Crippen molar-refractivity contribution in [3.05, 3.63) is 35.4 Å². The molecule has 2 rings (SSSR count). The topological polar surface area (TPSA) is 57.6 Å². The summed E-state index contributed by atoms with van der Waals surface area (Å²) in [5, 5.41) is 8.99. The van der Waals surface area contributed by atoms with Crippen LogP contribution in [0.4, 0.5) is 13.2 Å². The summed E-state index contributed by atoms with van der Waals surface area (Å²) in [7, 11) is 0. The standard InChI is InChI=1S/C16H18F3NO3/c1-11-4-2-3-5-12(11)6-7-13(21)20-9-8-15(10-20,14(22)23)16(17,18)19/h2-5H,6-10H2,1H3,(H,22,23). The fraction of sp³-hybridized carbons (Fsp3) is 0.500. The molecule has 23 heavy (non-hydrogen) atoms. The molecule has 1 unspecified atom stereocenters. The summed E-state index contributed by atoms with van der Waals surface area (Å²) in [6.45, 7) is 0.908. The highest BCUT2D eigenvalue weighted by atomic mass is 19.4. The van der Waals surface area contributed by atoms with Gasteiger partial charge in [0, 0.05) is 19.5 Å². The van der Waals surface area contributed by atoms with Crippen LogP contribution in [0.1, 0.15) is 24.0 Å². The maximum atomic E-state index is 13.1. The molecule has 1 aliphatic heterocycles. The number of aryl methyl sites for hydroxylation is 2. The third kappa shape index (κ3) is 3.33. The minimum atomic E-state index is -4.87. The number of benzene rings is 1. The van der Waals surface area contributed by atoms with Gasteiger partial charge in [-0.15, -0.1) is 0 Å². The first-order valence-electron chi connectivity index (χ1n) is 7.30. The van der Waals surface area contributed by atoms with Crippen LogP contribution in [0.15, 0.2) is 24.3 Å². The van der Waals surface area contributed by atoms with Gasteiger partial charge in [-0.25, -0.2) is 0 Å². The van der Waals surface area contributed by atoms with Crippen LogP contribution in [0, 0.1) is 12.3 Å². The summed E-state index contributed by atoms with van der Waals surface area (Å²) in [5.41, 5.74) is -0.872. The van der Waals surface area contributed by atoms with Crippen LogP contribution in [-0.4, -0.2) is 41.1 Å². The molecule has 0 saturated carbocycles. The molecule has 1 N–H and O–H groups in total. The van der Waals surface area contributed by atoms with Gasteiger partial charge in [-0.2, -0.15) is 13.2 Å². The predicted molar refractivity (Wildman–Crippen MR) is 76.8 cm³/mol. The Bertz CT molecular complexity index is 615. The molecule has 1 aromatic rings. The first-order valence-corrected chi connectivity index (χ1v) is 7.30. The Morgan fingerprint density at radius 1 is 1.30 bits per heavy atom. The average molecular weight is 329 g/mol. The Kier molecular flexibility index (Phi) is 4.68. The van der Waals surface area contributed by atoms with Crippen molar-refractivity contribution in [2.45, 2.75) is 32.4 Å². The molecule has 0 radical (unpaired) electrons. The van der Waals surface area contributed by atoms with Crippen molar-refractivity contribution >= 4 is 11.9 Å². The largest absolute Gasteiger partial charge is 0.481 e. The molecule has 0 aliphatic carbocycles. The van der Waals surface area contributed by atoms with Gasteiger partial charge in [-0.3, -0.25) is 9.59 Å². The highest BCUT2D eigenvalue weighted by molar-refractivity contribution is 5.81. The lowest BCUT2D eigenvalue weighted by Gasteiger charge is -2.27. The smallest absolute Gasteiger partial charge is 0.406 e. The van der Waals surface area contributed by atoms with Crippen molar-refractivity contribution in [3.8, 4) is 0 Å². The molecule has 0 spiro atoms. The number of likely N-dealkylation sites (tertiary alicyclic amines) is 1. The van der Waals surface area contributed by atoms with Gasteiger partial charge < -0.3 is 10.0 Å². The van der Waals surface area contributed by atoms with Gasteiger partial charge in [0.15, 0.2) is 5.41 Å². The zero-order valence-electron chi connectivity index (χ0n) is 12.7. The number of halogens is 3. The summed E-state index contributed by atoms with van der Waals surface area (Å²) in [4.78, 5) is 24.3. The summed E-state index contributed by atoms with van der Waals surface area (Å²) >= 11 is 0. The van der Waals surface area contributed by atoms with E-state index in [0.717, 1.165) is 16.0 Å². The summed E-state index contributed by atoms with van der Waals surface area (Å²) in [6.07, 6.45) is -4.97. The third-order valence-electron chi connectivity index (χ3n) is 4.44. The Labute approximate surface area is 131 Å². The van der Waals surface area contributed by atoms with Crippen LogP contribution >= 0.6 is 0 Å². The van der Waals surface area contributed by atoms with Crippen molar-refractivity contribution in [3.63, 3.8) is 0 Å². The number of alkyl halides is 3. The van der Waals surface area contributed by atoms with Crippen molar-refractivity contribution in [1.82, 2.24) is 4.90 Å². The Hall–Kier alpha value is -2.05. The SMILES string of the molecule is Cc1ccccc1CCC(=O)N1CCC(C(=O)O)(C(F)(F)F)C1. The van der Waals surface area contributed by atoms with Gasteiger partial charge in [0.05, 0.1) is 0 Å². The van der Waals surface area contributed by atoms with Crippen LogP contribution < -0.4 is 0 Å². The highest BCUT2D eigenvalue weighted by Gasteiger charge is 2.64. The van der Waals surface area contributed by atoms with E-state index in [2.05, 4.69) is 0 Å². The molecule has 1 aliphatic rings. The molecular weight excluding hydrogens is 311 g/mol. The number of carbonyl (C=O) groups excluding carboxylic acids is 1. The number of rotatable bonds is 4. The van der Waals surface area contributed by atoms with Gasteiger partial charge in [0.25, 0.3) is 0 Å². The summed E-state index contributed by atoms with van der Waals surface area (Å²) < 4.78 is 39.3. The van der Waals surface area contributed by atoms with E-state index in [1.807, 2.05) is 31.2 Å². The molecule has 0 bridgehead atoms. The van der Waals surface area contributed by atoms with E-state index in [0.29, 0.717) is 6.42 Å². The number of carbonyl (C=O) groups is 2. The Morgan fingerprint density at radius 2 is 1.96 bits per heavy atom. The maximum Gasteiger partial charge on any atom is 0.406 e. The molecule has 126 valence electrons. The Morgan fingerprint density at radius 3 is 2.48 bits per heavy atom. The van der Waals surface area contributed by atoms with E-state index < -0.39 is 36.4 Å². The van der Waals surface area contributed by atoms with Crippen molar-refractivity contribution in [1.29, 1.82) is 0 Å². The van der Waals surface area contributed by atoms with E-state index in [9.17, 15) is 22.8 Å². The molecule has 1 heterocycles. The van der Waals surface area contributed by atoms with Gasteiger partial charge >= 0.3 is 12.1 Å². The van der Waals surface area contributed by atoms with Gasteiger partial charge in [0.1, 0.15) is 0 Å². The molecule has 0 aromatic heterocycles. The van der Waals surface area contributed by atoms with E-state index in [1.165, 1.54) is 0 Å². The second-order valence-corrected chi connectivity index (χ2v) is 5.88. The number of hydrogen-bond donors (Lipinski definition) is 1. The van der Waals surface area contributed by atoms with Gasteiger partial charge in [0.2, 0.25) is 5.91 Å². The lowest BCUT2D eigenvalue weighted by molar-refractivity contribution is -0.227. The highest BCUT2D eigenvalue weighted by Crippen LogP contribution is 2.45. The minimum absolute atomic E-state index is 0.0679. The minimum Gasteiger partial charge on any atom is -0.481 e. The fourth-order valence-electron chi connectivity index (χ4n) is 2.84. The first kappa shape index (κ1) is 17.3. The first-order chi connectivity index (χ1) is 10.7. The van der Waals surface area contributed by atoms with Gasteiger partial charge in [-0.05, 0) is 30.9 Å². The van der Waals surface area contributed by atoms with Crippen LogP contribution in [-0.2, 0) is 16.0 Å². The molecule has 1 amide bonds. The van der Waals surface area contributed by atoms with E-state index in [1.54, 1.807) is 0 Å². The lowest BCUT2D eigenvalue weighted by atomic mass is 9.86. The molecule has 4 nitrogen and oxygen atoms in total. The molecule has 1 fully saturated rings. The lowest BCUT2D eigenvalue weighted by Crippen LogP contribution is -2.47. The number of hydrogen-bond acceptors (Lipinski definition) is 2. The molecule has 1 saturated heterocycles. The number of amides is 1. The van der Waals surface area contributed by atoms with Gasteiger partial charge in [-0.1, -0.05) is 24.3 Å². The van der Waals surface area contributed by atoms with E-state index in [-0.39, 0.29) is 13.0 Å².